The van der Waals surface area contributed by atoms with E-state index in [9.17, 15) is 14.0 Å². The number of carbonyl (C=O) groups is 2. The molecule has 1 aromatic rings. The fraction of sp³-hybridized carbons (Fsp3) is 0.556. The highest BCUT2D eigenvalue weighted by Gasteiger charge is 2.41. The van der Waals surface area contributed by atoms with Gasteiger partial charge in [0.25, 0.3) is 0 Å². The molecule has 4 nitrogen and oxygen atoms in total. The minimum atomic E-state index is -0.508. The van der Waals surface area contributed by atoms with Gasteiger partial charge in [-0.2, -0.15) is 0 Å². The summed E-state index contributed by atoms with van der Waals surface area (Å²) in [5.74, 6) is -0.665. The van der Waals surface area contributed by atoms with E-state index in [1.54, 1.807) is 30.1 Å². The molecule has 2 aliphatic rings. The molecule has 3 rings (SSSR count). The minimum absolute atomic E-state index is 0.0269. The molecule has 0 spiro atoms. The number of likely N-dealkylation sites (tertiary alicyclic amines) is 2. The van der Waals surface area contributed by atoms with Crippen molar-refractivity contribution in [3.8, 4) is 0 Å². The van der Waals surface area contributed by atoms with Crippen LogP contribution in [0.5, 0.6) is 0 Å². The molecule has 0 saturated carbocycles. The number of rotatable bonds is 2. The number of benzene rings is 1. The first-order chi connectivity index (χ1) is 11.1. The molecule has 2 amide bonds. The average molecular weight is 318 g/mol. The summed E-state index contributed by atoms with van der Waals surface area (Å²) in [6.45, 7) is 1.55. The summed E-state index contributed by atoms with van der Waals surface area (Å²) in [5.41, 5.74) is 0.443. The van der Waals surface area contributed by atoms with E-state index in [0.717, 1.165) is 32.4 Å². The fourth-order valence-corrected chi connectivity index (χ4v) is 3.79. The van der Waals surface area contributed by atoms with Crippen LogP contribution in [0.3, 0.4) is 0 Å². The van der Waals surface area contributed by atoms with Gasteiger partial charge in [-0.15, -0.1) is 0 Å². The third kappa shape index (κ3) is 3.09. The molecule has 5 heteroatoms. The standard InChI is InChI=1S/C18H23FN2O2/c1-20-16(22)10-9-14(18(23)21-11-5-2-6-12-21)17(20)13-7-3-4-8-15(13)19/h3-4,7-8,14,17H,2,5-6,9-12H2,1H3/t14-,17-/m0/s1. The molecule has 2 atom stereocenters. The van der Waals surface area contributed by atoms with Gasteiger partial charge in [-0.1, -0.05) is 18.2 Å². The maximum absolute atomic E-state index is 14.3. The van der Waals surface area contributed by atoms with E-state index < -0.39 is 6.04 Å². The smallest absolute Gasteiger partial charge is 0.228 e. The Morgan fingerprint density at radius 2 is 1.87 bits per heavy atom. The maximum Gasteiger partial charge on any atom is 0.228 e. The first-order valence-electron chi connectivity index (χ1n) is 8.38. The van der Waals surface area contributed by atoms with E-state index in [-0.39, 0.29) is 23.5 Å². The lowest BCUT2D eigenvalue weighted by molar-refractivity contribution is -0.147. The summed E-state index contributed by atoms with van der Waals surface area (Å²) in [7, 11) is 1.68. The van der Waals surface area contributed by atoms with Crippen molar-refractivity contribution in [2.24, 2.45) is 5.92 Å². The number of nitrogens with zero attached hydrogens (tertiary/aromatic N) is 2. The van der Waals surface area contributed by atoms with E-state index in [1.165, 1.54) is 6.07 Å². The van der Waals surface area contributed by atoms with Crippen LogP contribution >= 0.6 is 0 Å². The highest BCUT2D eigenvalue weighted by atomic mass is 19.1. The van der Waals surface area contributed by atoms with Crippen LogP contribution in [-0.4, -0.2) is 41.8 Å². The lowest BCUT2D eigenvalue weighted by atomic mass is 9.83. The number of carbonyl (C=O) groups excluding carboxylic acids is 2. The number of halogens is 1. The Hall–Kier alpha value is -1.91. The Labute approximate surface area is 136 Å². The van der Waals surface area contributed by atoms with Gasteiger partial charge in [0.05, 0.1) is 12.0 Å². The summed E-state index contributed by atoms with van der Waals surface area (Å²) in [5, 5.41) is 0. The highest BCUT2D eigenvalue weighted by Crippen LogP contribution is 2.38. The van der Waals surface area contributed by atoms with Crippen molar-refractivity contribution < 1.29 is 14.0 Å². The van der Waals surface area contributed by atoms with E-state index in [4.69, 9.17) is 0 Å². The molecule has 0 aliphatic carbocycles. The SMILES string of the molecule is CN1C(=O)CC[C@H](C(=O)N2CCCCC2)[C@@H]1c1ccccc1F. The fourth-order valence-electron chi connectivity index (χ4n) is 3.79. The molecule has 2 saturated heterocycles. The van der Waals surface area contributed by atoms with Crippen molar-refractivity contribution in [2.75, 3.05) is 20.1 Å². The van der Waals surface area contributed by atoms with Gasteiger partial charge in [-0.25, -0.2) is 4.39 Å². The van der Waals surface area contributed by atoms with Crippen LogP contribution < -0.4 is 0 Å². The molecule has 2 fully saturated rings. The van der Waals surface area contributed by atoms with Gasteiger partial charge in [0.2, 0.25) is 11.8 Å². The Morgan fingerprint density at radius 3 is 2.57 bits per heavy atom. The third-order valence-electron chi connectivity index (χ3n) is 5.07. The van der Waals surface area contributed by atoms with Crippen LogP contribution in [0.1, 0.15) is 43.7 Å². The first-order valence-corrected chi connectivity index (χ1v) is 8.38. The molecule has 23 heavy (non-hydrogen) atoms. The van der Waals surface area contributed by atoms with Gasteiger partial charge in [-0.3, -0.25) is 9.59 Å². The zero-order chi connectivity index (χ0) is 16.4. The molecule has 1 aromatic carbocycles. The molecular weight excluding hydrogens is 295 g/mol. The van der Waals surface area contributed by atoms with Crippen LogP contribution in [0.2, 0.25) is 0 Å². The van der Waals surface area contributed by atoms with Crippen LogP contribution in [-0.2, 0) is 9.59 Å². The summed E-state index contributed by atoms with van der Waals surface area (Å²) >= 11 is 0. The second kappa shape index (κ2) is 6.69. The second-order valence-electron chi connectivity index (χ2n) is 6.50. The lowest BCUT2D eigenvalue weighted by Crippen LogP contribution is -2.49. The van der Waals surface area contributed by atoms with Crippen LogP contribution in [0.25, 0.3) is 0 Å². The highest BCUT2D eigenvalue weighted by molar-refractivity contribution is 5.85. The predicted molar refractivity (Wildman–Crippen MR) is 85.1 cm³/mol. The van der Waals surface area contributed by atoms with Crippen molar-refractivity contribution in [1.82, 2.24) is 9.80 Å². The van der Waals surface area contributed by atoms with E-state index >= 15 is 0 Å². The first kappa shape index (κ1) is 16.0. The monoisotopic (exact) mass is 318 g/mol. The largest absolute Gasteiger partial charge is 0.342 e. The summed E-state index contributed by atoms with van der Waals surface area (Å²) in [6, 6.07) is 5.96. The molecule has 0 unspecified atom stereocenters. The van der Waals surface area contributed by atoms with Crippen LogP contribution in [0.4, 0.5) is 4.39 Å². The van der Waals surface area contributed by atoms with Crippen LogP contribution in [0.15, 0.2) is 24.3 Å². The molecular formula is C18H23FN2O2. The zero-order valence-corrected chi connectivity index (χ0v) is 13.5. The quantitative estimate of drug-likeness (QED) is 0.841. The van der Waals surface area contributed by atoms with E-state index in [1.807, 2.05) is 4.90 Å². The second-order valence-corrected chi connectivity index (χ2v) is 6.50. The Morgan fingerprint density at radius 1 is 1.17 bits per heavy atom. The summed E-state index contributed by atoms with van der Waals surface area (Å²) in [6.07, 6.45) is 4.06. The molecule has 2 heterocycles. The average Bonchev–Trinajstić information content (AvgIpc) is 2.58. The molecule has 2 aliphatic heterocycles. The van der Waals surface area contributed by atoms with E-state index in [0.29, 0.717) is 18.4 Å². The van der Waals surface area contributed by atoms with Crippen LogP contribution in [0, 0.1) is 11.7 Å². The predicted octanol–water partition coefficient (Wildman–Crippen LogP) is 2.75. The normalized spacial score (nSPS) is 25.6. The number of amides is 2. The number of hydrogen-bond acceptors (Lipinski definition) is 2. The lowest BCUT2D eigenvalue weighted by Gasteiger charge is -2.41. The molecule has 124 valence electrons. The minimum Gasteiger partial charge on any atom is -0.342 e. The van der Waals surface area contributed by atoms with Crippen molar-refractivity contribution in [1.29, 1.82) is 0 Å². The zero-order valence-electron chi connectivity index (χ0n) is 13.5. The van der Waals surface area contributed by atoms with Crippen molar-refractivity contribution in [3.63, 3.8) is 0 Å². The van der Waals surface area contributed by atoms with Gasteiger partial charge in [0.15, 0.2) is 0 Å². The van der Waals surface area contributed by atoms with Gasteiger partial charge in [-0.05, 0) is 31.7 Å². The number of piperidine rings is 2. The van der Waals surface area contributed by atoms with Gasteiger partial charge >= 0.3 is 0 Å². The summed E-state index contributed by atoms with van der Waals surface area (Å²) in [4.78, 5) is 28.5. The summed E-state index contributed by atoms with van der Waals surface area (Å²) < 4.78 is 14.3. The van der Waals surface area contributed by atoms with Gasteiger partial charge in [0, 0.05) is 32.1 Å². The van der Waals surface area contributed by atoms with Gasteiger partial charge < -0.3 is 9.80 Å². The Bertz CT molecular complexity index is 598. The third-order valence-corrected chi connectivity index (χ3v) is 5.07. The van der Waals surface area contributed by atoms with Gasteiger partial charge in [0.1, 0.15) is 5.82 Å². The molecule has 0 radical (unpaired) electrons. The molecule has 0 aromatic heterocycles. The van der Waals surface area contributed by atoms with Crippen molar-refractivity contribution >= 4 is 11.8 Å². The Balaban J connectivity index is 1.91. The maximum atomic E-state index is 14.3. The molecule has 0 bridgehead atoms. The topological polar surface area (TPSA) is 40.6 Å². The molecule has 0 N–H and O–H groups in total. The number of hydrogen-bond donors (Lipinski definition) is 0. The van der Waals surface area contributed by atoms with Crippen molar-refractivity contribution in [3.05, 3.63) is 35.6 Å². The van der Waals surface area contributed by atoms with Crippen molar-refractivity contribution in [2.45, 2.75) is 38.1 Å². The van der Waals surface area contributed by atoms with E-state index in [2.05, 4.69) is 0 Å². The Kier molecular flexibility index (Phi) is 4.64.